The fraction of sp³-hybridized carbons (Fsp3) is 0.625. The van der Waals surface area contributed by atoms with E-state index >= 15 is 0 Å². The summed E-state index contributed by atoms with van der Waals surface area (Å²) in [7, 11) is -3.89. The van der Waals surface area contributed by atoms with E-state index in [4.69, 9.17) is 0 Å². The minimum Gasteiger partial charge on any atom is -0.301 e. The molecule has 2 rings (SSSR count). The molecule has 7 nitrogen and oxygen atoms in total. The summed E-state index contributed by atoms with van der Waals surface area (Å²) in [6, 6.07) is 4.81. The molecule has 1 fully saturated rings. The molecule has 1 unspecified atom stereocenters. The van der Waals surface area contributed by atoms with Gasteiger partial charge in [0.05, 0.1) is 4.92 Å². The predicted molar refractivity (Wildman–Crippen MR) is 92.5 cm³/mol. The van der Waals surface area contributed by atoms with Crippen molar-refractivity contribution in [3.8, 4) is 0 Å². The van der Waals surface area contributed by atoms with Crippen LogP contribution >= 0.6 is 0 Å². The van der Waals surface area contributed by atoms with Crippen LogP contribution in [0.15, 0.2) is 23.1 Å². The quantitative estimate of drug-likeness (QED) is 0.461. The summed E-state index contributed by atoms with van der Waals surface area (Å²) in [6.45, 7) is 5.92. The first-order valence-corrected chi connectivity index (χ1v) is 9.79. The van der Waals surface area contributed by atoms with Crippen molar-refractivity contribution in [2.75, 3.05) is 19.6 Å². The first-order chi connectivity index (χ1) is 11.3. The monoisotopic (exact) mass is 355 g/mol. The van der Waals surface area contributed by atoms with Crippen molar-refractivity contribution < 1.29 is 13.3 Å². The maximum absolute atomic E-state index is 12.5. The van der Waals surface area contributed by atoms with Gasteiger partial charge < -0.3 is 4.90 Å². The van der Waals surface area contributed by atoms with Crippen LogP contribution in [0.25, 0.3) is 0 Å². The van der Waals surface area contributed by atoms with E-state index in [9.17, 15) is 18.5 Å². The molecule has 0 spiro atoms. The predicted octanol–water partition coefficient (Wildman–Crippen LogP) is 2.45. The van der Waals surface area contributed by atoms with Crippen LogP contribution in [0.2, 0.25) is 0 Å². The van der Waals surface area contributed by atoms with Gasteiger partial charge in [-0.3, -0.25) is 10.1 Å². The van der Waals surface area contributed by atoms with Crippen molar-refractivity contribution in [1.29, 1.82) is 0 Å². The summed E-state index contributed by atoms with van der Waals surface area (Å²) in [6.07, 6.45) is 4.30. The molecule has 134 valence electrons. The van der Waals surface area contributed by atoms with Gasteiger partial charge >= 0.3 is 0 Å². The van der Waals surface area contributed by atoms with Crippen LogP contribution in [0.5, 0.6) is 0 Å². The number of sulfonamides is 1. The Hall–Kier alpha value is -1.51. The second-order valence-electron chi connectivity index (χ2n) is 6.31. The molecule has 24 heavy (non-hydrogen) atoms. The Kier molecular flexibility index (Phi) is 6.31. The molecule has 1 heterocycles. The fourth-order valence-electron chi connectivity index (χ4n) is 3.18. The largest absolute Gasteiger partial charge is 0.301 e. The summed E-state index contributed by atoms with van der Waals surface area (Å²) >= 11 is 0. The van der Waals surface area contributed by atoms with Gasteiger partial charge in [-0.1, -0.05) is 18.6 Å². The van der Waals surface area contributed by atoms with Crippen molar-refractivity contribution in [1.82, 2.24) is 9.62 Å². The fourth-order valence-corrected chi connectivity index (χ4v) is 4.65. The SMILES string of the molecule is Cc1cccc([N+](=O)[O-])c1S(=O)(=O)NCCCN1CCCCC1C. The molecule has 0 aromatic heterocycles. The van der Waals surface area contributed by atoms with E-state index in [2.05, 4.69) is 16.5 Å². The summed E-state index contributed by atoms with van der Waals surface area (Å²) in [5.41, 5.74) is -0.00601. The standard InChI is InChI=1S/C16H25N3O4S/c1-13-7-5-9-15(19(20)21)16(13)24(22,23)17-10-6-12-18-11-4-3-8-14(18)2/h5,7,9,14,17H,3-4,6,8,10-12H2,1-2H3. The van der Waals surface area contributed by atoms with Crippen LogP contribution < -0.4 is 4.72 Å². The minimum absolute atomic E-state index is 0.235. The highest BCUT2D eigenvalue weighted by atomic mass is 32.2. The Morgan fingerprint density at radius 3 is 2.79 bits per heavy atom. The molecule has 1 N–H and O–H groups in total. The zero-order valence-corrected chi connectivity index (χ0v) is 15.0. The number of aryl methyl sites for hydroxylation is 1. The first-order valence-electron chi connectivity index (χ1n) is 8.30. The van der Waals surface area contributed by atoms with Gasteiger partial charge in [0, 0.05) is 18.7 Å². The summed E-state index contributed by atoms with van der Waals surface area (Å²) < 4.78 is 27.4. The Balaban J connectivity index is 1.98. The Morgan fingerprint density at radius 1 is 1.38 bits per heavy atom. The molecule has 1 aliphatic rings. The summed E-state index contributed by atoms with van der Waals surface area (Å²) in [5, 5.41) is 11.1. The molecular weight excluding hydrogens is 330 g/mol. The van der Waals surface area contributed by atoms with Crippen molar-refractivity contribution in [2.24, 2.45) is 0 Å². The Bertz CT molecular complexity index is 691. The molecular formula is C16H25N3O4S. The number of nitro benzene ring substituents is 1. The Labute approximate surface area is 143 Å². The Morgan fingerprint density at radius 2 is 2.12 bits per heavy atom. The molecule has 1 aromatic rings. The zero-order valence-electron chi connectivity index (χ0n) is 14.2. The molecule has 0 saturated carbocycles. The molecule has 8 heteroatoms. The number of hydrogen-bond donors (Lipinski definition) is 1. The van der Waals surface area contributed by atoms with Crippen molar-refractivity contribution in [3.63, 3.8) is 0 Å². The lowest BCUT2D eigenvalue weighted by Gasteiger charge is -2.33. The number of hydrogen-bond acceptors (Lipinski definition) is 5. The van der Waals surface area contributed by atoms with Crippen LogP contribution in [0, 0.1) is 17.0 Å². The van der Waals surface area contributed by atoms with Crippen LogP contribution in [0.1, 0.15) is 38.2 Å². The van der Waals surface area contributed by atoms with Crippen LogP contribution in [0.4, 0.5) is 5.69 Å². The van der Waals surface area contributed by atoms with Gasteiger partial charge in [-0.05, 0) is 51.8 Å². The highest BCUT2D eigenvalue weighted by Crippen LogP contribution is 2.26. The van der Waals surface area contributed by atoms with E-state index in [-0.39, 0.29) is 17.1 Å². The highest BCUT2D eigenvalue weighted by Gasteiger charge is 2.27. The molecule has 0 bridgehead atoms. The first kappa shape index (κ1) is 18.8. The average Bonchev–Trinajstić information content (AvgIpc) is 2.52. The van der Waals surface area contributed by atoms with Crippen LogP contribution in [-0.2, 0) is 10.0 Å². The number of nitrogens with zero attached hydrogens (tertiary/aromatic N) is 2. The average molecular weight is 355 g/mol. The topological polar surface area (TPSA) is 92.5 Å². The van der Waals surface area contributed by atoms with Crippen molar-refractivity contribution in [2.45, 2.75) is 50.5 Å². The molecule has 0 amide bonds. The maximum Gasteiger partial charge on any atom is 0.289 e. The molecule has 1 aliphatic heterocycles. The number of benzene rings is 1. The molecule has 1 atom stereocenters. The second kappa shape index (κ2) is 8.04. The zero-order chi connectivity index (χ0) is 17.7. The van der Waals surface area contributed by atoms with Gasteiger partial charge in [-0.15, -0.1) is 0 Å². The third-order valence-corrected chi connectivity index (χ3v) is 6.16. The van der Waals surface area contributed by atoms with Crippen LogP contribution in [-0.4, -0.2) is 43.9 Å². The third kappa shape index (κ3) is 4.52. The highest BCUT2D eigenvalue weighted by molar-refractivity contribution is 7.89. The number of nitrogens with one attached hydrogen (secondary N) is 1. The van der Waals surface area contributed by atoms with Gasteiger partial charge in [0.1, 0.15) is 0 Å². The number of rotatable bonds is 7. The maximum atomic E-state index is 12.5. The van der Waals surface area contributed by atoms with Crippen molar-refractivity contribution in [3.05, 3.63) is 33.9 Å². The molecule has 0 aliphatic carbocycles. The van der Waals surface area contributed by atoms with Gasteiger partial charge in [-0.2, -0.15) is 0 Å². The lowest BCUT2D eigenvalue weighted by atomic mass is 10.0. The minimum atomic E-state index is -3.89. The number of nitro groups is 1. The van der Waals surface area contributed by atoms with E-state index in [1.165, 1.54) is 31.4 Å². The van der Waals surface area contributed by atoms with Gasteiger partial charge in [0.15, 0.2) is 4.90 Å². The number of likely N-dealkylation sites (tertiary alicyclic amines) is 1. The summed E-state index contributed by atoms with van der Waals surface area (Å²) in [4.78, 5) is 12.6. The van der Waals surface area contributed by atoms with E-state index in [1.807, 2.05) is 0 Å². The van der Waals surface area contributed by atoms with E-state index in [0.717, 1.165) is 13.1 Å². The normalized spacial score (nSPS) is 19.3. The van der Waals surface area contributed by atoms with E-state index < -0.39 is 14.9 Å². The molecule has 0 radical (unpaired) electrons. The van der Waals surface area contributed by atoms with Crippen molar-refractivity contribution >= 4 is 15.7 Å². The van der Waals surface area contributed by atoms with Gasteiger partial charge in [0.25, 0.3) is 5.69 Å². The molecule has 1 saturated heterocycles. The van der Waals surface area contributed by atoms with E-state index in [1.54, 1.807) is 13.0 Å². The molecule has 1 aromatic carbocycles. The third-order valence-electron chi connectivity index (χ3n) is 4.51. The number of piperidine rings is 1. The second-order valence-corrected chi connectivity index (χ2v) is 8.02. The van der Waals surface area contributed by atoms with Crippen LogP contribution in [0.3, 0.4) is 0 Å². The smallest absolute Gasteiger partial charge is 0.289 e. The van der Waals surface area contributed by atoms with Gasteiger partial charge in [0.2, 0.25) is 10.0 Å². The lowest BCUT2D eigenvalue weighted by molar-refractivity contribution is -0.387. The van der Waals surface area contributed by atoms with Gasteiger partial charge in [-0.25, -0.2) is 13.1 Å². The summed E-state index contributed by atoms with van der Waals surface area (Å²) in [5.74, 6) is 0. The lowest BCUT2D eigenvalue weighted by Crippen LogP contribution is -2.39. The van der Waals surface area contributed by atoms with E-state index in [0.29, 0.717) is 18.0 Å².